The summed E-state index contributed by atoms with van der Waals surface area (Å²) in [4.78, 5) is 0. The molecule has 1 unspecified atom stereocenters. The van der Waals surface area contributed by atoms with E-state index in [4.69, 9.17) is 17.3 Å². The highest BCUT2D eigenvalue weighted by molar-refractivity contribution is 6.30. The Morgan fingerprint density at radius 3 is 1.60 bits per heavy atom. The first-order valence-corrected chi connectivity index (χ1v) is 15.9. The zero-order chi connectivity index (χ0) is 32.0. The van der Waals surface area contributed by atoms with Gasteiger partial charge in [0.2, 0.25) is 0 Å². The second-order valence-corrected chi connectivity index (χ2v) is 12.3. The normalized spacial score (nSPS) is 15.1. The first-order chi connectivity index (χ1) is 22.4. The standard InChI is InChI=1S/C20H20ClN3.C18H19N3O.CH4/c21-19-7-5-18(6-8-19)20(9-11-22-12-10-20)17-3-1-15(2-4-17)16-13-23-24-14-16;1-13-2-6-16(7-3-13)18(22,12-19)17-8-4-14(5-9-17)15-10-20-21-11-15;/h1-8,13-14,22H,9-12H2,(H,23,24);2-11,22H,12,19H2,1H3,(H,20,21);1H4. The van der Waals surface area contributed by atoms with Crippen LogP contribution in [0.2, 0.25) is 5.02 Å². The van der Waals surface area contributed by atoms with Crippen molar-refractivity contribution in [3.63, 3.8) is 0 Å². The molecular formula is C39H43ClN6O. The van der Waals surface area contributed by atoms with Crippen LogP contribution in [0.25, 0.3) is 22.3 Å². The Bertz CT molecular complexity index is 1800. The van der Waals surface area contributed by atoms with Crippen molar-refractivity contribution >= 4 is 11.6 Å². The highest BCUT2D eigenvalue weighted by Gasteiger charge is 2.35. The number of halogens is 1. The van der Waals surface area contributed by atoms with Crippen LogP contribution in [0.3, 0.4) is 0 Å². The van der Waals surface area contributed by atoms with E-state index < -0.39 is 5.60 Å². The molecule has 8 heteroatoms. The predicted octanol–water partition coefficient (Wildman–Crippen LogP) is 7.62. The summed E-state index contributed by atoms with van der Waals surface area (Å²) in [6, 6.07) is 32.8. The van der Waals surface area contributed by atoms with Gasteiger partial charge in [0.05, 0.1) is 12.4 Å². The lowest BCUT2D eigenvalue weighted by Crippen LogP contribution is -2.40. The predicted molar refractivity (Wildman–Crippen MR) is 192 cm³/mol. The lowest BCUT2D eigenvalue weighted by atomic mass is 9.68. The highest BCUT2D eigenvalue weighted by Crippen LogP contribution is 2.41. The Hall–Kier alpha value is -4.53. The maximum Gasteiger partial charge on any atom is 0.127 e. The molecule has 1 saturated heterocycles. The van der Waals surface area contributed by atoms with E-state index in [1.54, 1.807) is 6.20 Å². The van der Waals surface area contributed by atoms with Gasteiger partial charge in [-0.1, -0.05) is 110 Å². The number of H-pyrrole nitrogens is 2. The Kier molecular flexibility index (Phi) is 10.7. The van der Waals surface area contributed by atoms with Crippen LogP contribution >= 0.6 is 11.6 Å². The summed E-state index contributed by atoms with van der Waals surface area (Å²) in [5, 5.41) is 29.0. The van der Waals surface area contributed by atoms with E-state index >= 15 is 0 Å². The zero-order valence-corrected chi connectivity index (χ0v) is 26.6. The third-order valence-electron chi connectivity index (χ3n) is 9.14. The van der Waals surface area contributed by atoms with Gasteiger partial charge in [0.1, 0.15) is 5.60 Å². The minimum absolute atomic E-state index is 0. The van der Waals surface area contributed by atoms with Crippen LogP contribution in [0.15, 0.2) is 122 Å². The summed E-state index contributed by atoms with van der Waals surface area (Å²) >= 11 is 6.10. The number of hydrogen-bond acceptors (Lipinski definition) is 5. The Morgan fingerprint density at radius 2 is 1.15 bits per heavy atom. The molecule has 7 nitrogen and oxygen atoms in total. The number of nitrogens with zero attached hydrogens (tertiary/aromatic N) is 2. The van der Waals surface area contributed by atoms with E-state index in [-0.39, 0.29) is 19.4 Å². The topological polar surface area (TPSA) is 116 Å². The number of aryl methyl sites for hydroxylation is 1. The number of aromatic amines is 2. The van der Waals surface area contributed by atoms with E-state index in [2.05, 4.69) is 62.1 Å². The Labute approximate surface area is 282 Å². The van der Waals surface area contributed by atoms with Crippen LogP contribution in [0.5, 0.6) is 0 Å². The summed E-state index contributed by atoms with van der Waals surface area (Å²) in [6.45, 7) is 4.21. The maximum atomic E-state index is 11.0. The number of hydrogen-bond donors (Lipinski definition) is 5. The first-order valence-electron chi connectivity index (χ1n) is 15.6. The number of benzene rings is 4. The molecule has 4 aromatic carbocycles. The molecule has 0 bridgehead atoms. The summed E-state index contributed by atoms with van der Waals surface area (Å²) < 4.78 is 0. The molecule has 1 aliphatic rings. The van der Waals surface area contributed by atoms with E-state index in [1.165, 1.54) is 16.7 Å². The van der Waals surface area contributed by atoms with Crippen LogP contribution in [0, 0.1) is 6.92 Å². The molecule has 0 amide bonds. The second-order valence-electron chi connectivity index (χ2n) is 11.9. The molecule has 47 heavy (non-hydrogen) atoms. The van der Waals surface area contributed by atoms with Crippen molar-refractivity contribution in [1.29, 1.82) is 0 Å². The summed E-state index contributed by atoms with van der Waals surface area (Å²) in [5.41, 5.74) is 14.6. The molecule has 6 aromatic rings. The molecule has 7 rings (SSSR count). The van der Waals surface area contributed by atoms with E-state index in [1.807, 2.05) is 86.2 Å². The van der Waals surface area contributed by atoms with Crippen molar-refractivity contribution in [2.45, 2.75) is 38.2 Å². The molecular weight excluding hydrogens is 604 g/mol. The van der Waals surface area contributed by atoms with Crippen molar-refractivity contribution in [3.05, 3.63) is 155 Å². The maximum absolute atomic E-state index is 11.0. The van der Waals surface area contributed by atoms with E-state index in [9.17, 15) is 5.11 Å². The minimum Gasteiger partial charge on any atom is -0.379 e. The van der Waals surface area contributed by atoms with Gasteiger partial charge in [-0.3, -0.25) is 10.2 Å². The Morgan fingerprint density at radius 1 is 0.702 bits per heavy atom. The summed E-state index contributed by atoms with van der Waals surface area (Å²) in [7, 11) is 0. The van der Waals surface area contributed by atoms with Gasteiger partial charge in [-0.05, 0) is 78.4 Å². The zero-order valence-electron chi connectivity index (χ0n) is 25.9. The molecule has 242 valence electrons. The summed E-state index contributed by atoms with van der Waals surface area (Å²) in [5.74, 6) is 0. The lowest BCUT2D eigenvalue weighted by Gasteiger charge is -2.39. The largest absolute Gasteiger partial charge is 0.379 e. The molecule has 2 aromatic heterocycles. The fraction of sp³-hybridized carbons (Fsp3) is 0.231. The van der Waals surface area contributed by atoms with Gasteiger partial charge in [0, 0.05) is 40.5 Å². The molecule has 1 aliphatic heterocycles. The van der Waals surface area contributed by atoms with Gasteiger partial charge in [-0.2, -0.15) is 10.2 Å². The van der Waals surface area contributed by atoms with E-state index in [0.717, 1.165) is 64.3 Å². The van der Waals surface area contributed by atoms with Gasteiger partial charge in [-0.15, -0.1) is 0 Å². The molecule has 6 N–H and O–H groups in total. The second kappa shape index (κ2) is 14.9. The molecule has 3 heterocycles. The number of nitrogens with one attached hydrogen (secondary N) is 3. The third-order valence-corrected chi connectivity index (χ3v) is 9.39. The van der Waals surface area contributed by atoms with Gasteiger partial charge in [0.25, 0.3) is 0 Å². The lowest BCUT2D eigenvalue weighted by molar-refractivity contribution is 0.0902. The van der Waals surface area contributed by atoms with Crippen LogP contribution < -0.4 is 11.1 Å². The highest BCUT2D eigenvalue weighted by atomic mass is 35.5. The average Bonchev–Trinajstić information content (AvgIpc) is 3.86. The number of aromatic nitrogens is 4. The van der Waals surface area contributed by atoms with Crippen LogP contribution in [0.4, 0.5) is 0 Å². The van der Waals surface area contributed by atoms with Crippen molar-refractivity contribution in [1.82, 2.24) is 25.7 Å². The fourth-order valence-electron chi connectivity index (χ4n) is 6.34. The molecule has 0 aliphatic carbocycles. The van der Waals surface area contributed by atoms with Crippen molar-refractivity contribution in [3.8, 4) is 22.3 Å². The Balaban J connectivity index is 0.000000181. The van der Waals surface area contributed by atoms with E-state index in [0.29, 0.717) is 0 Å². The SMILES string of the molecule is C.Cc1ccc(C(O)(CN)c2ccc(-c3cn[nH]c3)cc2)cc1.Clc1ccc(C2(c3ccc(-c4cn[nH]c4)cc3)CCNCC2)cc1. The number of piperidine rings is 1. The van der Waals surface area contributed by atoms with Crippen molar-refractivity contribution in [2.75, 3.05) is 19.6 Å². The monoisotopic (exact) mass is 646 g/mol. The van der Waals surface area contributed by atoms with Gasteiger partial charge < -0.3 is 16.2 Å². The third kappa shape index (κ3) is 7.24. The van der Waals surface area contributed by atoms with Crippen LogP contribution in [-0.2, 0) is 11.0 Å². The molecule has 1 fully saturated rings. The first kappa shape index (κ1) is 33.8. The van der Waals surface area contributed by atoms with Crippen LogP contribution in [0.1, 0.15) is 48.1 Å². The fourth-order valence-corrected chi connectivity index (χ4v) is 6.46. The summed E-state index contributed by atoms with van der Waals surface area (Å²) in [6.07, 6.45) is 9.58. The number of rotatable bonds is 7. The van der Waals surface area contributed by atoms with Crippen molar-refractivity contribution in [2.24, 2.45) is 5.73 Å². The van der Waals surface area contributed by atoms with Crippen LogP contribution in [-0.4, -0.2) is 45.1 Å². The van der Waals surface area contributed by atoms with Gasteiger partial charge in [-0.25, -0.2) is 0 Å². The molecule has 1 atom stereocenters. The molecule has 0 spiro atoms. The van der Waals surface area contributed by atoms with Gasteiger partial charge in [0.15, 0.2) is 0 Å². The average molecular weight is 647 g/mol. The minimum atomic E-state index is -1.18. The number of nitrogens with two attached hydrogens (primary N) is 1. The number of aliphatic hydroxyl groups is 1. The van der Waals surface area contributed by atoms with Crippen molar-refractivity contribution < 1.29 is 5.11 Å². The van der Waals surface area contributed by atoms with Gasteiger partial charge >= 0.3 is 0 Å². The smallest absolute Gasteiger partial charge is 0.127 e. The quantitative estimate of drug-likeness (QED) is 0.122. The molecule has 0 saturated carbocycles. The molecule has 0 radical (unpaired) electrons.